The van der Waals surface area contributed by atoms with Gasteiger partial charge in [-0.25, -0.2) is 8.78 Å². The van der Waals surface area contributed by atoms with E-state index in [1.807, 2.05) is 0 Å². The highest BCUT2D eigenvalue weighted by Crippen LogP contribution is 2.25. The van der Waals surface area contributed by atoms with Crippen LogP contribution in [0.25, 0.3) is 0 Å². The normalized spacial score (nSPS) is 11.4. The van der Waals surface area contributed by atoms with E-state index in [0.29, 0.717) is 5.69 Å². The third kappa shape index (κ3) is 3.01. The summed E-state index contributed by atoms with van der Waals surface area (Å²) >= 11 is 0. The summed E-state index contributed by atoms with van der Waals surface area (Å²) in [4.78, 5) is 11.5. The Bertz CT molecular complexity index is 368. The third-order valence-electron chi connectivity index (χ3n) is 2.09. The van der Waals surface area contributed by atoms with Crippen molar-refractivity contribution < 1.29 is 13.6 Å². The summed E-state index contributed by atoms with van der Waals surface area (Å²) in [5.41, 5.74) is 0.304. The van der Waals surface area contributed by atoms with Crippen LogP contribution < -0.4 is 0 Å². The Labute approximate surface area is 87.2 Å². The molecule has 4 heteroatoms. The van der Waals surface area contributed by atoms with Crippen LogP contribution in [0.3, 0.4) is 0 Å². The molecule has 0 bridgehead atoms. The molecule has 15 heavy (non-hydrogen) atoms. The molecule has 0 amide bonds. The molecule has 0 atom stereocenters. The van der Waals surface area contributed by atoms with E-state index in [0.717, 1.165) is 6.08 Å². The molecule has 0 spiro atoms. The number of aryl methyl sites for hydroxylation is 1. The predicted octanol–water partition coefficient (Wildman–Crippen LogP) is 2.81. The van der Waals surface area contributed by atoms with Gasteiger partial charge in [-0.2, -0.15) is 0 Å². The number of carbonyl (C=O) groups excluding carboxylic acids is 1. The van der Waals surface area contributed by atoms with Crippen LogP contribution in [0, 0.1) is 0 Å². The summed E-state index contributed by atoms with van der Waals surface area (Å²) < 4.78 is 27.7. The Morgan fingerprint density at radius 1 is 1.67 bits per heavy atom. The first-order valence-electron chi connectivity index (χ1n) is 4.59. The van der Waals surface area contributed by atoms with Crippen molar-refractivity contribution in [2.24, 2.45) is 7.05 Å². The van der Waals surface area contributed by atoms with Gasteiger partial charge >= 0.3 is 0 Å². The van der Waals surface area contributed by atoms with Crippen LogP contribution in [0.5, 0.6) is 0 Å². The van der Waals surface area contributed by atoms with Crippen LogP contribution in [-0.4, -0.2) is 16.3 Å². The van der Waals surface area contributed by atoms with E-state index in [2.05, 4.69) is 6.58 Å². The molecule has 0 fully saturated rings. The van der Waals surface area contributed by atoms with Gasteiger partial charge in [-0.1, -0.05) is 6.08 Å². The highest BCUT2D eigenvalue weighted by molar-refractivity contribution is 5.95. The van der Waals surface area contributed by atoms with Gasteiger partial charge in [0.15, 0.2) is 5.78 Å². The maximum atomic E-state index is 13.1. The Morgan fingerprint density at radius 2 is 2.33 bits per heavy atom. The molecule has 0 aliphatic carbocycles. The number of aromatic nitrogens is 1. The Morgan fingerprint density at radius 3 is 2.80 bits per heavy atom. The molecular formula is C11H13F2NO. The summed E-state index contributed by atoms with van der Waals surface area (Å²) in [5, 5.41) is 0. The average Bonchev–Trinajstić information content (AvgIpc) is 2.50. The van der Waals surface area contributed by atoms with E-state index in [9.17, 15) is 13.6 Å². The second-order valence-corrected chi connectivity index (χ2v) is 3.45. The molecule has 0 saturated heterocycles. The number of rotatable bonds is 5. The van der Waals surface area contributed by atoms with Crippen molar-refractivity contribution in [3.8, 4) is 0 Å². The van der Waals surface area contributed by atoms with Crippen LogP contribution >= 0.6 is 0 Å². The molecule has 82 valence electrons. The third-order valence-corrected chi connectivity index (χ3v) is 2.09. The minimum atomic E-state index is -3.00. The second-order valence-electron chi connectivity index (χ2n) is 3.45. The molecule has 1 aromatic heterocycles. The molecule has 1 rings (SSSR count). The van der Waals surface area contributed by atoms with E-state index >= 15 is 0 Å². The number of Topliss-reactive ketones (excluding diaryl/α,β-unsaturated/α-hetero) is 1. The van der Waals surface area contributed by atoms with Crippen LogP contribution in [0.15, 0.2) is 31.0 Å². The Kier molecular flexibility index (Phi) is 3.39. The minimum Gasteiger partial charge on any atom is -0.348 e. The first-order valence-corrected chi connectivity index (χ1v) is 4.59. The topological polar surface area (TPSA) is 22.0 Å². The van der Waals surface area contributed by atoms with E-state index in [-0.39, 0.29) is 0 Å². The highest BCUT2D eigenvalue weighted by atomic mass is 19.3. The van der Waals surface area contributed by atoms with Gasteiger partial charge in [0.2, 0.25) is 0 Å². The lowest BCUT2D eigenvalue weighted by Gasteiger charge is -2.13. The van der Waals surface area contributed by atoms with Crippen molar-refractivity contribution in [1.29, 1.82) is 0 Å². The van der Waals surface area contributed by atoms with Crippen LogP contribution in [0.1, 0.15) is 23.3 Å². The van der Waals surface area contributed by atoms with Gasteiger partial charge in [0.1, 0.15) is 0 Å². The van der Waals surface area contributed by atoms with Gasteiger partial charge in [0.05, 0.1) is 12.1 Å². The van der Waals surface area contributed by atoms with Gasteiger partial charge in [0, 0.05) is 19.7 Å². The monoisotopic (exact) mass is 213 g/mol. The van der Waals surface area contributed by atoms with E-state index in [1.165, 1.54) is 10.6 Å². The van der Waals surface area contributed by atoms with E-state index in [4.69, 9.17) is 0 Å². The van der Waals surface area contributed by atoms with Gasteiger partial charge < -0.3 is 4.57 Å². The maximum absolute atomic E-state index is 13.1. The first-order chi connectivity index (χ1) is 6.96. The van der Waals surface area contributed by atoms with Crippen molar-refractivity contribution in [3.05, 3.63) is 36.7 Å². The lowest BCUT2D eigenvalue weighted by atomic mass is 10.1. The van der Waals surface area contributed by atoms with Crippen LogP contribution in [0.4, 0.5) is 8.78 Å². The number of ketones is 1. The second kappa shape index (κ2) is 4.38. The number of halogens is 2. The zero-order valence-corrected chi connectivity index (χ0v) is 8.54. The molecular weight excluding hydrogens is 200 g/mol. The molecule has 0 saturated carbocycles. The average molecular weight is 213 g/mol. The number of hydrogen-bond donors (Lipinski definition) is 0. The number of carbonyl (C=O) groups is 1. The smallest absolute Gasteiger partial charge is 0.258 e. The molecule has 0 N–H and O–H groups in total. The van der Waals surface area contributed by atoms with Crippen molar-refractivity contribution in [1.82, 2.24) is 4.57 Å². The molecule has 2 nitrogen and oxygen atoms in total. The minimum absolute atomic E-state index is 0.304. The molecule has 0 aliphatic rings. The standard InChI is InChI=1S/C11H13F2NO/c1-3-6-11(12,13)8-10(15)9-5-4-7-14(9)2/h3-5,7H,1,6,8H2,2H3. The van der Waals surface area contributed by atoms with Crippen LogP contribution in [0.2, 0.25) is 0 Å². The SMILES string of the molecule is C=CCC(F)(F)CC(=O)c1cccn1C. The summed E-state index contributed by atoms with van der Waals surface area (Å²) in [6.07, 6.45) is 1.54. The number of hydrogen-bond acceptors (Lipinski definition) is 1. The summed E-state index contributed by atoms with van der Waals surface area (Å²) in [5.74, 6) is -3.54. The first kappa shape index (κ1) is 11.6. The molecule has 0 unspecified atom stereocenters. The van der Waals surface area contributed by atoms with Crippen molar-refractivity contribution in [3.63, 3.8) is 0 Å². The molecule has 0 aromatic carbocycles. The molecule has 0 aliphatic heterocycles. The van der Waals surface area contributed by atoms with Crippen molar-refractivity contribution >= 4 is 5.78 Å². The lowest BCUT2D eigenvalue weighted by molar-refractivity contribution is 0.000134. The number of nitrogens with zero attached hydrogens (tertiary/aromatic N) is 1. The largest absolute Gasteiger partial charge is 0.348 e. The Balaban J connectivity index is 2.72. The summed E-state index contributed by atoms with van der Waals surface area (Å²) in [7, 11) is 1.65. The number of alkyl halides is 2. The van der Waals surface area contributed by atoms with Crippen molar-refractivity contribution in [2.75, 3.05) is 0 Å². The quantitative estimate of drug-likeness (QED) is 0.544. The fourth-order valence-electron chi connectivity index (χ4n) is 1.36. The molecule has 1 aromatic rings. The van der Waals surface area contributed by atoms with Gasteiger partial charge in [-0.15, -0.1) is 6.58 Å². The summed E-state index contributed by atoms with van der Waals surface area (Å²) in [6, 6.07) is 3.19. The van der Waals surface area contributed by atoms with Crippen LogP contribution in [-0.2, 0) is 7.05 Å². The molecule has 0 radical (unpaired) electrons. The van der Waals surface area contributed by atoms with E-state index < -0.39 is 24.5 Å². The molecule has 1 heterocycles. The number of allylic oxidation sites excluding steroid dienone is 1. The Hall–Kier alpha value is -1.45. The van der Waals surface area contributed by atoms with E-state index in [1.54, 1.807) is 19.3 Å². The lowest BCUT2D eigenvalue weighted by Crippen LogP contribution is -2.21. The zero-order valence-electron chi connectivity index (χ0n) is 8.54. The van der Waals surface area contributed by atoms with Gasteiger partial charge in [-0.3, -0.25) is 4.79 Å². The highest BCUT2D eigenvalue weighted by Gasteiger charge is 2.31. The fourth-order valence-corrected chi connectivity index (χ4v) is 1.36. The fraction of sp³-hybridized carbons (Fsp3) is 0.364. The maximum Gasteiger partial charge on any atom is 0.258 e. The van der Waals surface area contributed by atoms with Gasteiger partial charge in [0.25, 0.3) is 5.92 Å². The predicted molar refractivity (Wildman–Crippen MR) is 54.1 cm³/mol. The summed E-state index contributed by atoms with van der Waals surface area (Å²) in [6.45, 7) is 3.24. The van der Waals surface area contributed by atoms with Gasteiger partial charge in [-0.05, 0) is 12.1 Å². The van der Waals surface area contributed by atoms with Crippen molar-refractivity contribution in [2.45, 2.75) is 18.8 Å². The zero-order chi connectivity index (χ0) is 11.5.